The molecule has 0 aliphatic carbocycles. The van der Waals surface area contributed by atoms with Gasteiger partial charge in [0.15, 0.2) is 5.76 Å². The van der Waals surface area contributed by atoms with E-state index in [9.17, 15) is 0 Å². The minimum absolute atomic E-state index is 0.0909. The highest BCUT2D eigenvalue weighted by Gasteiger charge is 2.26. The first-order chi connectivity index (χ1) is 12.3. The minimum atomic E-state index is 0.0909. The SMILES string of the molecule is C[C@@H](c1nc(-c2ccco2)no1)N1CCN(Cc2ccccn2)CC1. The molecule has 1 aliphatic heterocycles. The molecule has 4 rings (SSSR count). The molecule has 7 heteroatoms. The maximum atomic E-state index is 5.44. The highest BCUT2D eigenvalue weighted by Crippen LogP contribution is 2.23. The van der Waals surface area contributed by atoms with Gasteiger partial charge in [-0.1, -0.05) is 11.2 Å². The van der Waals surface area contributed by atoms with Crippen molar-refractivity contribution in [3.63, 3.8) is 0 Å². The zero-order valence-electron chi connectivity index (χ0n) is 14.2. The van der Waals surface area contributed by atoms with Crippen molar-refractivity contribution in [2.24, 2.45) is 0 Å². The lowest BCUT2D eigenvalue weighted by molar-refractivity contribution is 0.0839. The predicted molar refractivity (Wildman–Crippen MR) is 91.5 cm³/mol. The van der Waals surface area contributed by atoms with E-state index < -0.39 is 0 Å². The molecular formula is C18H21N5O2. The van der Waals surface area contributed by atoms with Gasteiger partial charge in [-0.25, -0.2) is 0 Å². The first-order valence-electron chi connectivity index (χ1n) is 8.53. The molecular weight excluding hydrogens is 318 g/mol. The number of nitrogens with zero attached hydrogens (tertiary/aromatic N) is 5. The summed E-state index contributed by atoms with van der Waals surface area (Å²) in [6.45, 7) is 6.93. The molecule has 1 fully saturated rings. The number of furan rings is 1. The van der Waals surface area contributed by atoms with Gasteiger partial charge in [0.05, 0.1) is 18.0 Å². The standard InChI is InChI=1S/C18H21N5O2/c1-14(18-20-17(21-25-18)16-6-4-12-24-16)23-10-8-22(9-11-23)13-15-5-2-3-7-19-15/h2-7,12,14H,8-11,13H2,1H3/t14-/m0/s1. The van der Waals surface area contributed by atoms with Crippen LogP contribution in [0.4, 0.5) is 0 Å². The van der Waals surface area contributed by atoms with Crippen LogP contribution < -0.4 is 0 Å². The lowest BCUT2D eigenvalue weighted by atomic mass is 10.2. The van der Waals surface area contributed by atoms with E-state index in [1.807, 2.05) is 30.5 Å². The van der Waals surface area contributed by atoms with Crippen LogP contribution in [0.3, 0.4) is 0 Å². The van der Waals surface area contributed by atoms with Gasteiger partial charge in [-0.05, 0) is 31.2 Å². The Labute approximate surface area is 146 Å². The number of hydrogen-bond acceptors (Lipinski definition) is 7. The topological polar surface area (TPSA) is 71.4 Å². The lowest BCUT2D eigenvalue weighted by Crippen LogP contribution is -2.46. The molecule has 0 radical (unpaired) electrons. The highest BCUT2D eigenvalue weighted by molar-refractivity contribution is 5.44. The summed E-state index contributed by atoms with van der Waals surface area (Å²) < 4.78 is 10.8. The molecule has 130 valence electrons. The van der Waals surface area contributed by atoms with Gasteiger partial charge < -0.3 is 8.94 Å². The van der Waals surface area contributed by atoms with Crippen LogP contribution in [-0.2, 0) is 6.54 Å². The fourth-order valence-electron chi connectivity index (χ4n) is 3.10. The van der Waals surface area contributed by atoms with Crippen molar-refractivity contribution in [2.75, 3.05) is 26.2 Å². The van der Waals surface area contributed by atoms with E-state index in [-0.39, 0.29) is 6.04 Å². The van der Waals surface area contributed by atoms with Crippen LogP contribution in [0.2, 0.25) is 0 Å². The Morgan fingerprint density at radius 3 is 2.72 bits per heavy atom. The molecule has 0 N–H and O–H groups in total. The number of rotatable bonds is 5. The molecule has 0 unspecified atom stereocenters. The molecule has 1 aliphatic rings. The number of hydrogen-bond donors (Lipinski definition) is 0. The molecule has 1 saturated heterocycles. The summed E-state index contributed by atoms with van der Waals surface area (Å²) in [7, 11) is 0. The molecule has 4 heterocycles. The molecule has 0 bridgehead atoms. The normalized spacial score (nSPS) is 17.6. The Bertz CT molecular complexity index is 779. The van der Waals surface area contributed by atoms with Crippen LogP contribution in [0, 0.1) is 0 Å². The average molecular weight is 339 g/mol. The zero-order chi connectivity index (χ0) is 17.1. The second kappa shape index (κ2) is 7.16. The zero-order valence-corrected chi connectivity index (χ0v) is 14.2. The van der Waals surface area contributed by atoms with Crippen LogP contribution in [0.1, 0.15) is 24.6 Å². The summed E-state index contributed by atoms with van der Waals surface area (Å²) in [4.78, 5) is 13.7. The van der Waals surface area contributed by atoms with E-state index in [0.29, 0.717) is 17.5 Å². The van der Waals surface area contributed by atoms with Crippen molar-refractivity contribution in [3.8, 4) is 11.6 Å². The Kier molecular flexibility index (Phi) is 4.58. The smallest absolute Gasteiger partial charge is 0.244 e. The van der Waals surface area contributed by atoms with Gasteiger partial charge in [0.2, 0.25) is 11.7 Å². The van der Waals surface area contributed by atoms with Crippen molar-refractivity contribution in [2.45, 2.75) is 19.5 Å². The Morgan fingerprint density at radius 2 is 2.00 bits per heavy atom. The first-order valence-corrected chi connectivity index (χ1v) is 8.53. The van der Waals surface area contributed by atoms with E-state index >= 15 is 0 Å². The summed E-state index contributed by atoms with van der Waals surface area (Å²) >= 11 is 0. The van der Waals surface area contributed by atoms with Crippen molar-refractivity contribution in [3.05, 3.63) is 54.4 Å². The molecule has 3 aromatic rings. The van der Waals surface area contributed by atoms with Crippen molar-refractivity contribution >= 4 is 0 Å². The van der Waals surface area contributed by atoms with Crippen LogP contribution in [-0.4, -0.2) is 51.1 Å². The van der Waals surface area contributed by atoms with Gasteiger partial charge >= 0.3 is 0 Å². The van der Waals surface area contributed by atoms with E-state index in [1.54, 1.807) is 6.26 Å². The minimum Gasteiger partial charge on any atom is -0.461 e. The van der Waals surface area contributed by atoms with E-state index in [0.717, 1.165) is 38.4 Å². The van der Waals surface area contributed by atoms with Crippen molar-refractivity contribution in [1.29, 1.82) is 0 Å². The lowest BCUT2D eigenvalue weighted by Gasteiger charge is -2.36. The summed E-state index contributed by atoms with van der Waals surface area (Å²) in [6, 6.07) is 9.79. The second-order valence-corrected chi connectivity index (χ2v) is 6.24. The maximum Gasteiger partial charge on any atom is 0.244 e. The molecule has 3 aromatic heterocycles. The maximum absolute atomic E-state index is 5.44. The van der Waals surface area contributed by atoms with Crippen LogP contribution >= 0.6 is 0 Å². The molecule has 0 spiro atoms. The number of piperazine rings is 1. The van der Waals surface area contributed by atoms with Crippen LogP contribution in [0.15, 0.2) is 51.7 Å². The molecule has 0 aromatic carbocycles. The van der Waals surface area contributed by atoms with Gasteiger partial charge in [0.25, 0.3) is 0 Å². The van der Waals surface area contributed by atoms with Crippen LogP contribution in [0.5, 0.6) is 0 Å². The Hall–Kier alpha value is -2.51. The Balaban J connectivity index is 1.34. The van der Waals surface area contributed by atoms with Gasteiger partial charge in [-0.3, -0.25) is 14.8 Å². The predicted octanol–water partition coefficient (Wildman–Crippen LogP) is 2.60. The highest BCUT2D eigenvalue weighted by atomic mass is 16.5. The number of aromatic nitrogens is 3. The van der Waals surface area contributed by atoms with Gasteiger partial charge in [0, 0.05) is 38.9 Å². The largest absolute Gasteiger partial charge is 0.461 e. The third-order valence-corrected chi connectivity index (χ3v) is 4.61. The summed E-state index contributed by atoms with van der Waals surface area (Å²) in [5.74, 6) is 1.76. The van der Waals surface area contributed by atoms with Gasteiger partial charge in [-0.2, -0.15) is 4.98 Å². The molecule has 1 atom stereocenters. The van der Waals surface area contributed by atoms with Crippen molar-refractivity contribution < 1.29 is 8.94 Å². The van der Waals surface area contributed by atoms with E-state index in [4.69, 9.17) is 8.94 Å². The second-order valence-electron chi connectivity index (χ2n) is 6.24. The summed E-state index contributed by atoms with van der Waals surface area (Å²) in [6.07, 6.45) is 3.45. The third kappa shape index (κ3) is 3.62. The van der Waals surface area contributed by atoms with E-state index in [2.05, 4.69) is 37.9 Å². The first kappa shape index (κ1) is 16.0. The van der Waals surface area contributed by atoms with Crippen LogP contribution in [0.25, 0.3) is 11.6 Å². The molecule has 25 heavy (non-hydrogen) atoms. The fraction of sp³-hybridized carbons (Fsp3) is 0.389. The van der Waals surface area contributed by atoms with Crippen molar-refractivity contribution in [1.82, 2.24) is 24.9 Å². The van der Waals surface area contributed by atoms with Gasteiger partial charge in [-0.15, -0.1) is 0 Å². The monoisotopic (exact) mass is 339 g/mol. The molecule has 0 saturated carbocycles. The fourth-order valence-corrected chi connectivity index (χ4v) is 3.10. The number of pyridine rings is 1. The quantitative estimate of drug-likeness (QED) is 0.707. The third-order valence-electron chi connectivity index (χ3n) is 4.61. The van der Waals surface area contributed by atoms with Gasteiger partial charge in [0.1, 0.15) is 0 Å². The summed E-state index contributed by atoms with van der Waals surface area (Å²) in [5.41, 5.74) is 1.11. The average Bonchev–Trinajstić information content (AvgIpc) is 3.34. The summed E-state index contributed by atoms with van der Waals surface area (Å²) in [5, 5.41) is 4.02. The Morgan fingerprint density at radius 1 is 1.12 bits per heavy atom. The molecule has 7 nitrogen and oxygen atoms in total. The molecule has 0 amide bonds. The van der Waals surface area contributed by atoms with E-state index in [1.165, 1.54) is 0 Å².